The number of morpholine rings is 1. The van der Waals surface area contributed by atoms with Crippen LogP contribution in [0.3, 0.4) is 0 Å². The lowest BCUT2D eigenvalue weighted by atomic mass is 10.0. The summed E-state index contributed by atoms with van der Waals surface area (Å²) in [5.41, 5.74) is 0.728. The lowest BCUT2D eigenvalue weighted by Gasteiger charge is -2.36. The molecule has 168 valence electrons. The summed E-state index contributed by atoms with van der Waals surface area (Å²) < 4.78 is 11.3. The summed E-state index contributed by atoms with van der Waals surface area (Å²) in [5, 5.41) is 9.40. The van der Waals surface area contributed by atoms with Crippen molar-refractivity contribution in [3.05, 3.63) is 24.3 Å². The highest BCUT2D eigenvalue weighted by atomic mass is 16.5. The zero-order valence-electron chi connectivity index (χ0n) is 18.7. The van der Waals surface area contributed by atoms with Crippen LogP contribution in [0.5, 0.6) is 5.75 Å². The van der Waals surface area contributed by atoms with E-state index in [0.29, 0.717) is 25.1 Å². The van der Waals surface area contributed by atoms with Crippen LogP contribution in [0.15, 0.2) is 29.3 Å². The van der Waals surface area contributed by atoms with Gasteiger partial charge in [-0.2, -0.15) is 0 Å². The van der Waals surface area contributed by atoms with E-state index in [-0.39, 0.29) is 5.91 Å². The number of ether oxygens (including phenoxy) is 2. The molecule has 1 atom stereocenters. The second-order valence-corrected chi connectivity index (χ2v) is 7.66. The predicted octanol–water partition coefficient (Wildman–Crippen LogP) is 1.94. The SMILES string of the molecule is CCNC(=NCC(C(C)C)N1CCOCC1)NCCOc1cccc(NC(C)=O)c1. The molecule has 1 saturated heterocycles. The number of amides is 1. The van der Waals surface area contributed by atoms with E-state index >= 15 is 0 Å². The molecule has 0 saturated carbocycles. The molecule has 1 aromatic rings. The van der Waals surface area contributed by atoms with Crippen molar-refractivity contribution >= 4 is 17.6 Å². The quantitative estimate of drug-likeness (QED) is 0.305. The van der Waals surface area contributed by atoms with E-state index < -0.39 is 0 Å². The van der Waals surface area contributed by atoms with Gasteiger partial charge >= 0.3 is 0 Å². The van der Waals surface area contributed by atoms with Crippen molar-refractivity contribution in [2.24, 2.45) is 10.9 Å². The number of anilines is 1. The summed E-state index contributed by atoms with van der Waals surface area (Å²) in [6.45, 7) is 14.2. The fraction of sp³-hybridized carbons (Fsp3) is 0.636. The number of benzene rings is 1. The summed E-state index contributed by atoms with van der Waals surface area (Å²) in [5.74, 6) is 1.94. The van der Waals surface area contributed by atoms with Crippen LogP contribution < -0.4 is 20.7 Å². The molecule has 0 aliphatic carbocycles. The number of aliphatic imine (C=N–C) groups is 1. The van der Waals surface area contributed by atoms with Crippen molar-refractivity contribution in [3.63, 3.8) is 0 Å². The van der Waals surface area contributed by atoms with Gasteiger partial charge in [0.15, 0.2) is 5.96 Å². The second kappa shape index (κ2) is 13.1. The van der Waals surface area contributed by atoms with Crippen LogP contribution >= 0.6 is 0 Å². The maximum absolute atomic E-state index is 11.2. The van der Waals surface area contributed by atoms with Gasteiger partial charge in [-0.1, -0.05) is 19.9 Å². The van der Waals surface area contributed by atoms with Crippen molar-refractivity contribution in [2.75, 3.05) is 57.9 Å². The van der Waals surface area contributed by atoms with Crippen LogP contribution in [0.4, 0.5) is 5.69 Å². The number of nitrogens with zero attached hydrogens (tertiary/aromatic N) is 2. The van der Waals surface area contributed by atoms with E-state index in [2.05, 4.69) is 41.6 Å². The first-order valence-corrected chi connectivity index (χ1v) is 10.8. The van der Waals surface area contributed by atoms with Crippen LogP contribution in [-0.4, -0.2) is 75.4 Å². The molecule has 8 nitrogen and oxygen atoms in total. The van der Waals surface area contributed by atoms with Crippen molar-refractivity contribution in [2.45, 2.75) is 33.7 Å². The Kier molecular flexibility index (Phi) is 10.4. The third-order valence-electron chi connectivity index (χ3n) is 4.88. The van der Waals surface area contributed by atoms with Gasteiger partial charge in [-0.25, -0.2) is 0 Å². The van der Waals surface area contributed by atoms with Crippen LogP contribution in [0.2, 0.25) is 0 Å². The largest absolute Gasteiger partial charge is 0.492 e. The van der Waals surface area contributed by atoms with Gasteiger partial charge in [0.2, 0.25) is 5.91 Å². The molecule has 1 fully saturated rings. The van der Waals surface area contributed by atoms with Crippen LogP contribution in [0.25, 0.3) is 0 Å². The zero-order valence-corrected chi connectivity index (χ0v) is 18.7. The fourth-order valence-corrected chi connectivity index (χ4v) is 3.39. The Bertz CT molecular complexity index is 674. The molecule has 1 heterocycles. The molecule has 0 radical (unpaired) electrons. The molecule has 30 heavy (non-hydrogen) atoms. The molecule has 8 heteroatoms. The maximum atomic E-state index is 11.2. The first-order chi connectivity index (χ1) is 14.5. The fourth-order valence-electron chi connectivity index (χ4n) is 3.39. The lowest BCUT2D eigenvalue weighted by molar-refractivity contribution is -0.114. The third-order valence-corrected chi connectivity index (χ3v) is 4.88. The zero-order chi connectivity index (χ0) is 21.8. The molecule has 3 N–H and O–H groups in total. The van der Waals surface area contributed by atoms with Gasteiger partial charge in [-0.3, -0.25) is 14.7 Å². The number of carbonyl (C=O) groups excluding carboxylic acids is 1. The molecule has 1 aromatic carbocycles. The molecule has 0 aromatic heterocycles. The van der Waals surface area contributed by atoms with E-state index in [1.807, 2.05) is 24.3 Å². The molecular weight excluding hydrogens is 382 g/mol. The standard InChI is InChI=1S/C22H37N5O3/c1-5-23-22(25-16-21(17(2)3)27-10-13-29-14-11-27)24-9-12-30-20-8-6-7-19(15-20)26-18(4)28/h6-8,15,17,21H,5,9-14,16H2,1-4H3,(H,26,28)(H2,23,24,25). The van der Waals surface area contributed by atoms with E-state index in [4.69, 9.17) is 14.5 Å². The van der Waals surface area contributed by atoms with E-state index in [9.17, 15) is 4.79 Å². The van der Waals surface area contributed by atoms with Gasteiger partial charge in [-0.15, -0.1) is 0 Å². The van der Waals surface area contributed by atoms with E-state index in [0.717, 1.165) is 56.8 Å². The van der Waals surface area contributed by atoms with Crippen molar-refractivity contribution < 1.29 is 14.3 Å². The number of guanidine groups is 1. The summed E-state index contributed by atoms with van der Waals surface area (Å²) in [4.78, 5) is 18.5. The Morgan fingerprint density at radius 1 is 1.27 bits per heavy atom. The van der Waals surface area contributed by atoms with Gasteiger partial charge < -0.3 is 25.4 Å². The lowest BCUT2D eigenvalue weighted by Crippen LogP contribution is -2.48. The first-order valence-electron chi connectivity index (χ1n) is 10.8. The molecular formula is C22H37N5O3. The Morgan fingerprint density at radius 2 is 2.03 bits per heavy atom. The monoisotopic (exact) mass is 419 g/mol. The smallest absolute Gasteiger partial charge is 0.221 e. The van der Waals surface area contributed by atoms with Crippen LogP contribution in [0, 0.1) is 5.92 Å². The predicted molar refractivity (Wildman–Crippen MR) is 121 cm³/mol. The highest BCUT2D eigenvalue weighted by Crippen LogP contribution is 2.17. The summed E-state index contributed by atoms with van der Waals surface area (Å²) in [6, 6.07) is 7.78. The minimum atomic E-state index is -0.0999. The van der Waals surface area contributed by atoms with Gasteiger partial charge in [0.05, 0.1) is 26.3 Å². The van der Waals surface area contributed by atoms with E-state index in [1.165, 1.54) is 6.92 Å². The summed E-state index contributed by atoms with van der Waals surface area (Å²) >= 11 is 0. The number of nitrogens with one attached hydrogen (secondary N) is 3. The van der Waals surface area contributed by atoms with Gasteiger partial charge in [0, 0.05) is 44.4 Å². The Balaban J connectivity index is 1.83. The minimum Gasteiger partial charge on any atom is -0.492 e. The maximum Gasteiger partial charge on any atom is 0.221 e. The molecule has 0 bridgehead atoms. The highest BCUT2D eigenvalue weighted by molar-refractivity contribution is 5.88. The molecule has 2 rings (SSSR count). The molecule has 1 aliphatic rings. The number of rotatable bonds is 10. The molecule has 1 amide bonds. The van der Waals surface area contributed by atoms with Crippen molar-refractivity contribution in [3.8, 4) is 5.75 Å². The molecule has 0 spiro atoms. The molecule has 1 aliphatic heterocycles. The highest BCUT2D eigenvalue weighted by Gasteiger charge is 2.23. The van der Waals surface area contributed by atoms with E-state index in [1.54, 1.807) is 0 Å². The average molecular weight is 420 g/mol. The van der Waals surface area contributed by atoms with Crippen LogP contribution in [0.1, 0.15) is 27.7 Å². The van der Waals surface area contributed by atoms with Crippen molar-refractivity contribution in [1.82, 2.24) is 15.5 Å². The number of hydrogen-bond acceptors (Lipinski definition) is 5. The third kappa shape index (κ3) is 8.59. The number of carbonyl (C=O) groups is 1. The topological polar surface area (TPSA) is 87.2 Å². The van der Waals surface area contributed by atoms with Crippen molar-refractivity contribution in [1.29, 1.82) is 0 Å². The van der Waals surface area contributed by atoms with Gasteiger partial charge in [0.1, 0.15) is 12.4 Å². The van der Waals surface area contributed by atoms with Gasteiger partial charge in [-0.05, 0) is 25.0 Å². The van der Waals surface area contributed by atoms with Crippen LogP contribution in [-0.2, 0) is 9.53 Å². The second-order valence-electron chi connectivity index (χ2n) is 7.66. The average Bonchev–Trinajstić information content (AvgIpc) is 2.71. The molecule has 1 unspecified atom stereocenters. The van der Waals surface area contributed by atoms with Gasteiger partial charge in [0.25, 0.3) is 0 Å². The Labute approximate surface area is 180 Å². The minimum absolute atomic E-state index is 0.0999. The summed E-state index contributed by atoms with van der Waals surface area (Å²) in [7, 11) is 0. The first kappa shape index (κ1) is 24.0. The normalized spacial score (nSPS) is 16.2. The Morgan fingerprint density at radius 3 is 2.70 bits per heavy atom. The Hall–Kier alpha value is -2.32. The summed E-state index contributed by atoms with van der Waals surface area (Å²) in [6.07, 6.45) is 0. The number of hydrogen-bond donors (Lipinski definition) is 3.